The lowest BCUT2D eigenvalue weighted by molar-refractivity contribution is 0.0911. The Labute approximate surface area is 166 Å². The molecule has 5 nitrogen and oxygen atoms in total. The van der Waals surface area contributed by atoms with E-state index in [9.17, 15) is 14.0 Å². The van der Waals surface area contributed by atoms with Gasteiger partial charge in [-0.15, -0.1) is 0 Å². The van der Waals surface area contributed by atoms with Gasteiger partial charge in [-0.05, 0) is 62.4 Å². The summed E-state index contributed by atoms with van der Waals surface area (Å²) in [6.07, 6.45) is 0. The van der Waals surface area contributed by atoms with Gasteiger partial charge in [-0.25, -0.2) is 4.39 Å². The number of amides is 1. The molecule has 0 fully saturated rings. The van der Waals surface area contributed by atoms with Crippen LogP contribution in [-0.4, -0.2) is 22.9 Å². The third-order valence-corrected chi connectivity index (χ3v) is 4.62. The smallest absolute Gasteiger partial charge is 0.252 e. The van der Waals surface area contributed by atoms with Crippen LogP contribution in [0.25, 0.3) is 5.69 Å². The molecule has 0 saturated heterocycles. The average Bonchev–Trinajstić information content (AvgIpc) is 2.95. The third kappa shape index (κ3) is 3.92. The summed E-state index contributed by atoms with van der Waals surface area (Å²) < 4.78 is 20.6. The molecule has 0 aliphatic carbocycles. The van der Waals surface area contributed by atoms with Gasteiger partial charge in [0, 0.05) is 27.7 Å². The average molecular weight is 401 g/mol. The van der Waals surface area contributed by atoms with Gasteiger partial charge in [0.2, 0.25) is 5.78 Å². The summed E-state index contributed by atoms with van der Waals surface area (Å²) in [7, 11) is 0. The van der Waals surface area contributed by atoms with Crippen molar-refractivity contribution in [2.24, 2.45) is 5.73 Å². The number of aromatic nitrogens is 1. The van der Waals surface area contributed by atoms with Gasteiger partial charge in [-0.1, -0.05) is 11.6 Å². The molecule has 3 rings (SSSR count). The van der Waals surface area contributed by atoms with Crippen molar-refractivity contribution < 1.29 is 18.7 Å². The highest BCUT2D eigenvalue weighted by atomic mass is 35.5. The molecule has 0 bridgehead atoms. The minimum atomic E-state index is -0.695. The largest absolute Gasteiger partial charge is 0.485 e. The van der Waals surface area contributed by atoms with Gasteiger partial charge in [0.1, 0.15) is 11.6 Å². The van der Waals surface area contributed by atoms with Gasteiger partial charge in [0.15, 0.2) is 6.61 Å². The van der Waals surface area contributed by atoms with Crippen molar-refractivity contribution in [3.8, 4) is 11.4 Å². The van der Waals surface area contributed by atoms with Crippen LogP contribution in [0.1, 0.15) is 32.1 Å². The quantitative estimate of drug-likeness (QED) is 0.628. The van der Waals surface area contributed by atoms with Crippen molar-refractivity contribution in [3.05, 3.63) is 81.9 Å². The Morgan fingerprint density at radius 1 is 1.07 bits per heavy atom. The Morgan fingerprint density at radius 3 is 2.39 bits per heavy atom. The lowest BCUT2D eigenvalue weighted by atomic mass is 10.1. The maximum absolute atomic E-state index is 13.2. The molecule has 144 valence electrons. The van der Waals surface area contributed by atoms with Crippen LogP contribution >= 0.6 is 11.6 Å². The minimum Gasteiger partial charge on any atom is -0.485 e. The predicted octanol–water partition coefficient (Wildman–Crippen LogP) is 4.25. The highest BCUT2D eigenvalue weighted by Crippen LogP contribution is 2.24. The third-order valence-electron chi connectivity index (χ3n) is 4.38. The van der Waals surface area contributed by atoms with E-state index in [1.54, 1.807) is 31.2 Å². The van der Waals surface area contributed by atoms with E-state index in [0.29, 0.717) is 16.3 Å². The first-order valence-corrected chi connectivity index (χ1v) is 8.86. The molecule has 28 heavy (non-hydrogen) atoms. The van der Waals surface area contributed by atoms with Gasteiger partial charge >= 0.3 is 0 Å². The number of nitrogens with two attached hydrogens (primary N) is 1. The van der Waals surface area contributed by atoms with Crippen molar-refractivity contribution in [2.45, 2.75) is 13.8 Å². The maximum atomic E-state index is 13.2. The predicted molar refractivity (Wildman–Crippen MR) is 105 cm³/mol. The standard InChI is InChI=1S/C21H18ClFN2O3/c1-12-9-17(13(2)25(12)16-6-4-15(23)5-7-16)19(26)11-28-20-8-3-14(22)10-18(20)21(24)27/h3-10H,11H2,1-2H3,(H2,24,27). The number of benzene rings is 2. The van der Waals surface area contributed by atoms with Crippen molar-refractivity contribution in [2.75, 3.05) is 6.61 Å². The molecule has 0 unspecified atom stereocenters. The van der Waals surface area contributed by atoms with Crippen LogP contribution in [0.15, 0.2) is 48.5 Å². The Morgan fingerprint density at radius 2 is 1.75 bits per heavy atom. The molecular formula is C21H18ClFN2O3. The van der Waals surface area contributed by atoms with E-state index in [4.69, 9.17) is 22.1 Å². The van der Waals surface area contributed by atoms with E-state index in [1.165, 1.54) is 24.3 Å². The summed E-state index contributed by atoms with van der Waals surface area (Å²) in [5.74, 6) is -1.09. The Hall–Kier alpha value is -3.12. The van der Waals surface area contributed by atoms with Crippen LogP contribution < -0.4 is 10.5 Å². The SMILES string of the molecule is Cc1cc(C(=O)COc2ccc(Cl)cc2C(N)=O)c(C)n1-c1ccc(F)cc1. The highest BCUT2D eigenvalue weighted by molar-refractivity contribution is 6.31. The number of ketones is 1. The molecule has 0 saturated carbocycles. The molecule has 1 aromatic heterocycles. The zero-order valence-corrected chi connectivity index (χ0v) is 16.1. The first kappa shape index (κ1) is 19.6. The molecule has 0 aliphatic heterocycles. The summed E-state index contributed by atoms with van der Waals surface area (Å²) in [5, 5.41) is 0.343. The number of carbonyl (C=O) groups is 2. The molecule has 0 spiro atoms. The topological polar surface area (TPSA) is 74.3 Å². The monoisotopic (exact) mass is 400 g/mol. The van der Waals surface area contributed by atoms with E-state index in [2.05, 4.69) is 0 Å². The number of hydrogen-bond acceptors (Lipinski definition) is 3. The zero-order chi connectivity index (χ0) is 20.4. The second kappa shape index (κ2) is 7.86. The number of rotatable bonds is 6. The fraction of sp³-hybridized carbons (Fsp3) is 0.143. The number of carbonyl (C=O) groups excluding carboxylic acids is 2. The lowest BCUT2D eigenvalue weighted by Gasteiger charge is -2.11. The first-order valence-electron chi connectivity index (χ1n) is 8.48. The van der Waals surface area contributed by atoms with Crippen LogP contribution in [0.4, 0.5) is 4.39 Å². The summed E-state index contributed by atoms with van der Waals surface area (Å²) in [6, 6.07) is 12.2. The van der Waals surface area contributed by atoms with Gasteiger partial charge in [-0.2, -0.15) is 0 Å². The van der Waals surface area contributed by atoms with Crippen molar-refractivity contribution in [1.29, 1.82) is 0 Å². The number of ether oxygens (including phenoxy) is 1. The van der Waals surface area contributed by atoms with Gasteiger partial charge in [0.05, 0.1) is 5.56 Å². The molecule has 2 N–H and O–H groups in total. The molecule has 1 heterocycles. The molecular weight excluding hydrogens is 383 g/mol. The first-order chi connectivity index (χ1) is 13.3. The molecule has 2 aromatic carbocycles. The summed E-state index contributed by atoms with van der Waals surface area (Å²) >= 11 is 5.87. The second-order valence-corrected chi connectivity index (χ2v) is 6.75. The number of halogens is 2. The van der Waals surface area contributed by atoms with Gasteiger partial charge in [-0.3, -0.25) is 9.59 Å². The van der Waals surface area contributed by atoms with Crippen LogP contribution in [-0.2, 0) is 0 Å². The van der Waals surface area contributed by atoms with E-state index in [-0.39, 0.29) is 29.5 Å². The van der Waals surface area contributed by atoms with E-state index < -0.39 is 5.91 Å². The number of nitrogens with zero attached hydrogens (tertiary/aromatic N) is 1. The molecule has 0 radical (unpaired) electrons. The van der Waals surface area contributed by atoms with E-state index in [0.717, 1.165) is 11.4 Å². The van der Waals surface area contributed by atoms with Crippen LogP contribution in [0.2, 0.25) is 5.02 Å². The van der Waals surface area contributed by atoms with Crippen LogP contribution in [0.5, 0.6) is 5.75 Å². The molecule has 0 aliphatic rings. The second-order valence-electron chi connectivity index (χ2n) is 6.31. The minimum absolute atomic E-state index is 0.108. The van der Waals surface area contributed by atoms with Crippen molar-refractivity contribution in [1.82, 2.24) is 4.57 Å². The van der Waals surface area contributed by atoms with E-state index >= 15 is 0 Å². The fourth-order valence-electron chi connectivity index (χ4n) is 3.07. The molecule has 1 amide bonds. The number of aryl methyl sites for hydroxylation is 1. The number of hydrogen-bond donors (Lipinski definition) is 1. The summed E-state index contributed by atoms with van der Waals surface area (Å²) in [6.45, 7) is 3.40. The summed E-state index contributed by atoms with van der Waals surface area (Å²) in [5.41, 5.74) is 8.22. The van der Waals surface area contributed by atoms with Gasteiger partial charge in [0.25, 0.3) is 5.91 Å². The van der Waals surface area contributed by atoms with Crippen molar-refractivity contribution >= 4 is 23.3 Å². The zero-order valence-electron chi connectivity index (χ0n) is 15.3. The number of Topliss-reactive ketones (excluding diaryl/α,β-unsaturated/α-hetero) is 1. The highest BCUT2D eigenvalue weighted by Gasteiger charge is 2.18. The van der Waals surface area contributed by atoms with Crippen molar-refractivity contribution in [3.63, 3.8) is 0 Å². The molecule has 0 atom stereocenters. The van der Waals surface area contributed by atoms with Crippen LogP contribution in [0, 0.1) is 19.7 Å². The lowest BCUT2D eigenvalue weighted by Crippen LogP contribution is -2.17. The fourth-order valence-corrected chi connectivity index (χ4v) is 3.25. The van der Waals surface area contributed by atoms with Crippen LogP contribution in [0.3, 0.4) is 0 Å². The Kier molecular flexibility index (Phi) is 5.51. The van der Waals surface area contributed by atoms with E-state index in [1.807, 2.05) is 11.5 Å². The maximum Gasteiger partial charge on any atom is 0.252 e. The Balaban J connectivity index is 1.84. The number of primary amides is 1. The van der Waals surface area contributed by atoms with Gasteiger partial charge < -0.3 is 15.0 Å². The Bertz CT molecular complexity index is 1060. The summed E-state index contributed by atoms with van der Waals surface area (Å²) in [4.78, 5) is 24.2. The molecule has 7 heteroatoms. The molecule has 3 aromatic rings. The normalized spacial score (nSPS) is 10.7.